The van der Waals surface area contributed by atoms with E-state index in [-0.39, 0.29) is 5.91 Å². The second-order valence-electron chi connectivity index (χ2n) is 3.50. The normalized spacial score (nSPS) is 17.6. The molecule has 1 fully saturated rings. The van der Waals surface area contributed by atoms with E-state index in [1.165, 1.54) is 12.8 Å². The van der Waals surface area contributed by atoms with Crippen LogP contribution in [0, 0.1) is 0 Å². The van der Waals surface area contributed by atoms with Crippen molar-refractivity contribution >= 4 is 5.91 Å². The molecule has 1 rings (SSSR count). The Kier molecular flexibility index (Phi) is 4.83. The summed E-state index contributed by atoms with van der Waals surface area (Å²) in [6, 6.07) is 0.439. The van der Waals surface area contributed by atoms with Crippen LogP contribution < -0.4 is 5.32 Å². The van der Waals surface area contributed by atoms with Gasteiger partial charge in [0.25, 0.3) is 0 Å². The Bertz CT molecular complexity index is 153. The second-order valence-corrected chi connectivity index (χ2v) is 3.50. The van der Waals surface area contributed by atoms with Gasteiger partial charge in [-0.3, -0.25) is 4.79 Å². The second kappa shape index (κ2) is 5.97. The lowest BCUT2D eigenvalue weighted by Crippen LogP contribution is -2.33. The predicted molar refractivity (Wildman–Crippen MR) is 51.5 cm³/mol. The van der Waals surface area contributed by atoms with Gasteiger partial charge in [-0.15, -0.1) is 0 Å². The first-order valence-electron chi connectivity index (χ1n) is 5.20. The topological polar surface area (TPSA) is 38.3 Å². The molecule has 0 aromatic heterocycles. The van der Waals surface area contributed by atoms with Gasteiger partial charge in [0.1, 0.15) is 0 Å². The lowest BCUT2D eigenvalue weighted by atomic mass is 10.2. The summed E-state index contributed by atoms with van der Waals surface area (Å²) >= 11 is 0. The number of hydrogen-bond acceptors (Lipinski definition) is 2. The molecule has 0 spiro atoms. The van der Waals surface area contributed by atoms with Gasteiger partial charge < -0.3 is 10.1 Å². The minimum Gasteiger partial charge on any atom is -0.381 e. The summed E-state index contributed by atoms with van der Waals surface area (Å²) in [5.41, 5.74) is 0. The Morgan fingerprint density at radius 3 is 2.77 bits per heavy atom. The van der Waals surface area contributed by atoms with E-state index >= 15 is 0 Å². The summed E-state index contributed by atoms with van der Waals surface area (Å²) in [7, 11) is 0. The fourth-order valence-electron chi connectivity index (χ4n) is 1.68. The summed E-state index contributed by atoms with van der Waals surface area (Å²) in [5.74, 6) is 0.139. The quantitative estimate of drug-likeness (QED) is 0.659. The number of rotatable bonds is 5. The van der Waals surface area contributed by atoms with Gasteiger partial charge in [-0.05, 0) is 19.8 Å². The Hall–Kier alpha value is -0.570. The van der Waals surface area contributed by atoms with Gasteiger partial charge in [0.2, 0.25) is 5.91 Å². The predicted octanol–water partition coefficient (Wildman–Crippen LogP) is 1.47. The maximum atomic E-state index is 11.3. The van der Waals surface area contributed by atoms with E-state index in [2.05, 4.69) is 5.32 Å². The minimum atomic E-state index is 0.139. The van der Waals surface area contributed by atoms with Crippen molar-refractivity contribution < 1.29 is 9.53 Å². The van der Waals surface area contributed by atoms with Gasteiger partial charge in [0.15, 0.2) is 0 Å². The monoisotopic (exact) mass is 185 g/mol. The van der Waals surface area contributed by atoms with Crippen LogP contribution in [0.25, 0.3) is 0 Å². The van der Waals surface area contributed by atoms with Crippen molar-refractivity contribution in [3.05, 3.63) is 0 Å². The van der Waals surface area contributed by atoms with Crippen LogP contribution in [0.3, 0.4) is 0 Å². The molecular weight excluding hydrogens is 166 g/mol. The van der Waals surface area contributed by atoms with Crippen LogP contribution in [0.5, 0.6) is 0 Å². The fraction of sp³-hybridized carbons (Fsp3) is 0.900. The summed E-state index contributed by atoms with van der Waals surface area (Å²) in [6.07, 6.45) is 5.33. The average molecular weight is 185 g/mol. The molecule has 3 heteroatoms. The van der Waals surface area contributed by atoms with Gasteiger partial charge in [0, 0.05) is 19.1 Å². The third-order valence-corrected chi connectivity index (χ3v) is 2.40. The average Bonchev–Trinajstić information content (AvgIpc) is 2.57. The zero-order chi connectivity index (χ0) is 9.52. The molecule has 3 nitrogen and oxygen atoms in total. The zero-order valence-corrected chi connectivity index (χ0v) is 8.34. The van der Waals surface area contributed by atoms with E-state index in [1.807, 2.05) is 6.92 Å². The van der Waals surface area contributed by atoms with Crippen LogP contribution in [-0.4, -0.2) is 25.2 Å². The molecule has 0 aliphatic heterocycles. The van der Waals surface area contributed by atoms with Gasteiger partial charge in [-0.25, -0.2) is 0 Å². The molecule has 0 heterocycles. The minimum absolute atomic E-state index is 0.139. The maximum Gasteiger partial charge on any atom is 0.222 e. The molecule has 0 bridgehead atoms. The van der Waals surface area contributed by atoms with Gasteiger partial charge in [0.05, 0.1) is 6.61 Å². The molecule has 13 heavy (non-hydrogen) atoms. The van der Waals surface area contributed by atoms with Gasteiger partial charge in [-0.2, -0.15) is 0 Å². The number of hydrogen-bond donors (Lipinski definition) is 1. The van der Waals surface area contributed by atoms with Crippen molar-refractivity contribution in [1.29, 1.82) is 0 Å². The molecule has 76 valence electrons. The first kappa shape index (κ1) is 10.5. The zero-order valence-electron chi connectivity index (χ0n) is 8.34. The number of ether oxygens (including phenoxy) is 1. The summed E-state index contributed by atoms with van der Waals surface area (Å²) in [5, 5.41) is 3.02. The van der Waals surface area contributed by atoms with E-state index in [1.54, 1.807) is 0 Å². The Morgan fingerprint density at radius 1 is 1.46 bits per heavy atom. The van der Waals surface area contributed by atoms with Crippen molar-refractivity contribution in [1.82, 2.24) is 5.32 Å². The highest BCUT2D eigenvalue weighted by molar-refractivity contribution is 5.76. The molecule has 1 aliphatic rings. The third-order valence-electron chi connectivity index (χ3n) is 2.40. The lowest BCUT2D eigenvalue weighted by Gasteiger charge is -2.11. The van der Waals surface area contributed by atoms with E-state index in [0.717, 1.165) is 12.8 Å². The largest absolute Gasteiger partial charge is 0.381 e. The van der Waals surface area contributed by atoms with E-state index in [4.69, 9.17) is 4.74 Å². The highest BCUT2D eigenvalue weighted by Crippen LogP contribution is 2.17. The smallest absolute Gasteiger partial charge is 0.222 e. The maximum absolute atomic E-state index is 11.3. The van der Waals surface area contributed by atoms with E-state index in [9.17, 15) is 4.79 Å². The van der Waals surface area contributed by atoms with Gasteiger partial charge in [-0.1, -0.05) is 12.8 Å². The molecular formula is C10H19NO2. The summed E-state index contributed by atoms with van der Waals surface area (Å²) < 4.78 is 5.11. The van der Waals surface area contributed by atoms with Crippen LogP contribution in [0.4, 0.5) is 0 Å². The van der Waals surface area contributed by atoms with Crippen LogP contribution in [0.15, 0.2) is 0 Å². The number of nitrogens with one attached hydrogen (secondary N) is 1. The number of carbonyl (C=O) groups is 1. The van der Waals surface area contributed by atoms with Crippen molar-refractivity contribution in [2.45, 2.75) is 45.1 Å². The molecule has 0 atom stereocenters. The Labute approximate surface area is 79.8 Å². The fourth-order valence-corrected chi connectivity index (χ4v) is 1.68. The lowest BCUT2D eigenvalue weighted by molar-refractivity contribution is -0.122. The van der Waals surface area contributed by atoms with E-state index in [0.29, 0.717) is 25.7 Å². The van der Waals surface area contributed by atoms with Crippen molar-refractivity contribution in [2.75, 3.05) is 13.2 Å². The molecule has 0 aromatic rings. The molecule has 0 saturated heterocycles. The standard InChI is InChI=1S/C10H19NO2/c1-2-13-8-7-10(12)11-9-5-3-4-6-9/h9H,2-8H2,1H3,(H,11,12). The summed E-state index contributed by atoms with van der Waals surface area (Å²) in [4.78, 5) is 11.3. The molecule has 1 amide bonds. The van der Waals surface area contributed by atoms with E-state index < -0.39 is 0 Å². The Balaban J connectivity index is 2.02. The molecule has 1 saturated carbocycles. The van der Waals surface area contributed by atoms with Crippen molar-refractivity contribution in [2.24, 2.45) is 0 Å². The van der Waals surface area contributed by atoms with Gasteiger partial charge >= 0.3 is 0 Å². The van der Waals surface area contributed by atoms with Crippen molar-refractivity contribution in [3.8, 4) is 0 Å². The Morgan fingerprint density at radius 2 is 2.15 bits per heavy atom. The van der Waals surface area contributed by atoms with Crippen LogP contribution in [0.1, 0.15) is 39.0 Å². The number of amides is 1. The molecule has 1 aliphatic carbocycles. The highest BCUT2D eigenvalue weighted by Gasteiger charge is 2.16. The molecule has 0 radical (unpaired) electrons. The van der Waals surface area contributed by atoms with Crippen molar-refractivity contribution in [3.63, 3.8) is 0 Å². The molecule has 1 N–H and O–H groups in total. The first-order valence-corrected chi connectivity index (χ1v) is 5.20. The SMILES string of the molecule is CCOCCC(=O)NC1CCCC1. The molecule has 0 aromatic carbocycles. The third kappa shape index (κ3) is 4.27. The molecule has 0 unspecified atom stereocenters. The highest BCUT2D eigenvalue weighted by atomic mass is 16.5. The summed E-state index contributed by atoms with van der Waals surface area (Å²) in [6.45, 7) is 3.18. The number of carbonyl (C=O) groups excluding carboxylic acids is 1. The van der Waals surface area contributed by atoms with Crippen LogP contribution >= 0.6 is 0 Å². The first-order chi connectivity index (χ1) is 6.33. The van der Waals surface area contributed by atoms with Crippen LogP contribution in [0.2, 0.25) is 0 Å². The van der Waals surface area contributed by atoms with Crippen LogP contribution in [-0.2, 0) is 9.53 Å².